The number of anilines is 1. The first-order chi connectivity index (χ1) is 9.19. The number of nitrogens with one attached hydrogen (secondary N) is 1. The second kappa shape index (κ2) is 6.79. The van der Waals surface area contributed by atoms with Crippen molar-refractivity contribution < 1.29 is 9.84 Å². The molecule has 0 radical (unpaired) electrons. The summed E-state index contributed by atoms with van der Waals surface area (Å²) in [5, 5.41) is 12.5. The summed E-state index contributed by atoms with van der Waals surface area (Å²) < 4.78 is 5.41. The Bertz CT molecular complexity index is 383. The van der Waals surface area contributed by atoms with Gasteiger partial charge in [0.2, 0.25) is 5.95 Å². The zero-order chi connectivity index (χ0) is 13.7. The highest BCUT2D eigenvalue weighted by atomic mass is 16.5. The van der Waals surface area contributed by atoms with Crippen molar-refractivity contribution in [3.63, 3.8) is 0 Å². The topological polar surface area (TPSA) is 70.5 Å². The van der Waals surface area contributed by atoms with Crippen LogP contribution < -0.4 is 10.2 Å². The normalized spacial score (nSPS) is 20.0. The average Bonchev–Trinajstić information content (AvgIpc) is 2.45. The van der Waals surface area contributed by atoms with Crippen molar-refractivity contribution in [3.05, 3.63) is 18.0 Å². The van der Waals surface area contributed by atoms with Gasteiger partial charge in [0.15, 0.2) is 0 Å². The Hall–Kier alpha value is -1.24. The van der Waals surface area contributed by atoms with E-state index in [9.17, 15) is 0 Å². The van der Waals surface area contributed by atoms with Gasteiger partial charge in [0, 0.05) is 43.6 Å². The number of morpholine rings is 1. The van der Waals surface area contributed by atoms with Crippen LogP contribution in [0.2, 0.25) is 0 Å². The highest BCUT2D eigenvalue weighted by molar-refractivity contribution is 5.30. The Labute approximate surface area is 113 Å². The maximum absolute atomic E-state index is 9.12. The molecule has 6 heteroatoms. The molecule has 1 aliphatic rings. The van der Waals surface area contributed by atoms with Crippen molar-refractivity contribution in [3.8, 4) is 0 Å². The van der Waals surface area contributed by atoms with E-state index in [1.54, 1.807) is 0 Å². The number of aliphatic hydroxyl groups is 1. The predicted octanol–water partition coefficient (Wildman–Crippen LogP) is 0.172. The SMILES string of the molecule is CC(C)NCc1cnc(N2CCOC(CO)C2)nc1. The van der Waals surface area contributed by atoms with Gasteiger partial charge in [-0.3, -0.25) is 0 Å². The lowest BCUT2D eigenvalue weighted by molar-refractivity contribution is 0.00313. The summed E-state index contributed by atoms with van der Waals surface area (Å²) in [6.07, 6.45) is 3.56. The summed E-state index contributed by atoms with van der Waals surface area (Å²) in [4.78, 5) is 10.8. The zero-order valence-electron chi connectivity index (χ0n) is 11.5. The molecular weight excluding hydrogens is 244 g/mol. The lowest BCUT2D eigenvalue weighted by Crippen LogP contribution is -2.44. The van der Waals surface area contributed by atoms with Gasteiger partial charge in [0.1, 0.15) is 0 Å². The summed E-state index contributed by atoms with van der Waals surface area (Å²) in [5.41, 5.74) is 1.07. The molecule has 106 valence electrons. The second-order valence-corrected chi connectivity index (χ2v) is 5.05. The molecule has 1 fully saturated rings. The van der Waals surface area contributed by atoms with Crippen LogP contribution in [0.1, 0.15) is 19.4 Å². The largest absolute Gasteiger partial charge is 0.394 e. The van der Waals surface area contributed by atoms with Crippen LogP contribution in [0.15, 0.2) is 12.4 Å². The number of hydrogen-bond donors (Lipinski definition) is 2. The Morgan fingerprint density at radius 2 is 2.21 bits per heavy atom. The molecule has 1 aromatic heterocycles. The van der Waals surface area contributed by atoms with E-state index >= 15 is 0 Å². The summed E-state index contributed by atoms with van der Waals surface area (Å²) in [6.45, 7) is 7.04. The van der Waals surface area contributed by atoms with Gasteiger partial charge in [-0.05, 0) is 0 Å². The Balaban J connectivity index is 1.93. The number of hydrogen-bond acceptors (Lipinski definition) is 6. The number of nitrogens with zero attached hydrogens (tertiary/aromatic N) is 3. The van der Waals surface area contributed by atoms with Gasteiger partial charge in [-0.2, -0.15) is 0 Å². The molecule has 2 heterocycles. The molecule has 0 aliphatic carbocycles. The molecule has 1 atom stereocenters. The van der Waals surface area contributed by atoms with Crippen molar-refractivity contribution in [1.82, 2.24) is 15.3 Å². The van der Waals surface area contributed by atoms with Gasteiger partial charge in [0.05, 0.1) is 19.3 Å². The van der Waals surface area contributed by atoms with Crippen molar-refractivity contribution >= 4 is 5.95 Å². The highest BCUT2D eigenvalue weighted by Crippen LogP contribution is 2.12. The summed E-state index contributed by atoms with van der Waals surface area (Å²) in [6, 6.07) is 0.448. The molecule has 0 spiro atoms. The first kappa shape index (κ1) is 14.2. The number of ether oxygens (including phenoxy) is 1. The quantitative estimate of drug-likeness (QED) is 0.792. The third-order valence-electron chi connectivity index (χ3n) is 3.03. The minimum Gasteiger partial charge on any atom is -0.394 e. The Morgan fingerprint density at radius 3 is 2.84 bits per heavy atom. The third-order valence-corrected chi connectivity index (χ3v) is 3.03. The molecule has 0 bridgehead atoms. The van der Waals surface area contributed by atoms with Crippen LogP contribution in [0, 0.1) is 0 Å². The van der Waals surface area contributed by atoms with Crippen molar-refractivity contribution in [2.24, 2.45) is 0 Å². The van der Waals surface area contributed by atoms with E-state index in [0.717, 1.165) is 18.7 Å². The Kier molecular flexibility index (Phi) is 5.07. The first-order valence-electron chi connectivity index (χ1n) is 6.70. The lowest BCUT2D eigenvalue weighted by atomic mass is 10.3. The van der Waals surface area contributed by atoms with Crippen LogP contribution in [0.4, 0.5) is 5.95 Å². The van der Waals surface area contributed by atoms with Crippen LogP contribution in [-0.4, -0.2) is 53.5 Å². The summed E-state index contributed by atoms with van der Waals surface area (Å²) in [7, 11) is 0. The van der Waals surface area contributed by atoms with E-state index in [2.05, 4.69) is 29.1 Å². The molecule has 1 unspecified atom stereocenters. The molecule has 0 amide bonds. The summed E-state index contributed by atoms with van der Waals surface area (Å²) in [5.74, 6) is 0.704. The predicted molar refractivity (Wildman–Crippen MR) is 73.0 cm³/mol. The fourth-order valence-corrected chi connectivity index (χ4v) is 1.94. The van der Waals surface area contributed by atoms with Gasteiger partial charge in [-0.15, -0.1) is 0 Å². The van der Waals surface area contributed by atoms with E-state index in [-0.39, 0.29) is 12.7 Å². The van der Waals surface area contributed by atoms with Gasteiger partial charge in [0.25, 0.3) is 0 Å². The highest BCUT2D eigenvalue weighted by Gasteiger charge is 2.21. The molecule has 19 heavy (non-hydrogen) atoms. The molecule has 0 saturated carbocycles. The molecule has 1 aliphatic heterocycles. The van der Waals surface area contributed by atoms with Crippen molar-refractivity contribution in [2.45, 2.75) is 32.5 Å². The molecule has 1 saturated heterocycles. The van der Waals surface area contributed by atoms with Crippen LogP contribution in [0.3, 0.4) is 0 Å². The maximum atomic E-state index is 9.12. The van der Waals surface area contributed by atoms with Crippen LogP contribution in [-0.2, 0) is 11.3 Å². The van der Waals surface area contributed by atoms with E-state index in [0.29, 0.717) is 25.1 Å². The number of aromatic nitrogens is 2. The monoisotopic (exact) mass is 266 g/mol. The third kappa shape index (κ3) is 4.12. The minimum absolute atomic E-state index is 0.0346. The second-order valence-electron chi connectivity index (χ2n) is 5.05. The summed E-state index contributed by atoms with van der Waals surface area (Å²) >= 11 is 0. The van der Waals surface area contributed by atoms with Gasteiger partial charge in [-0.25, -0.2) is 9.97 Å². The standard InChI is InChI=1S/C13H22N4O2/c1-10(2)14-5-11-6-15-13(16-7-11)17-3-4-19-12(8-17)9-18/h6-7,10,12,14,18H,3-5,8-9H2,1-2H3. The fourth-order valence-electron chi connectivity index (χ4n) is 1.94. The number of aliphatic hydroxyl groups excluding tert-OH is 1. The number of rotatable bonds is 5. The van der Waals surface area contributed by atoms with Crippen LogP contribution in [0.5, 0.6) is 0 Å². The van der Waals surface area contributed by atoms with Gasteiger partial charge in [-0.1, -0.05) is 13.8 Å². The molecule has 0 aromatic carbocycles. The van der Waals surface area contributed by atoms with E-state index in [4.69, 9.17) is 9.84 Å². The molecule has 6 nitrogen and oxygen atoms in total. The zero-order valence-corrected chi connectivity index (χ0v) is 11.5. The molecule has 2 N–H and O–H groups in total. The van der Waals surface area contributed by atoms with Gasteiger partial charge >= 0.3 is 0 Å². The van der Waals surface area contributed by atoms with Crippen LogP contribution in [0.25, 0.3) is 0 Å². The molecule has 1 aromatic rings. The maximum Gasteiger partial charge on any atom is 0.225 e. The van der Waals surface area contributed by atoms with Gasteiger partial charge < -0.3 is 20.1 Å². The average molecular weight is 266 g/mol. The first-order valence-corrected chi connectivity index (χ1v) is 6.70. The fraction of sp³-hybridized carbons (Fsp3) is 0.692. The lowest BCUT2D eigenvalue weighted by Gasteiger charge is -2.31. The minimum atomic E-state index is -0.139. The van der Waals surface area contributed by atoms with Crippen LogP contribution >= 0.6 is 0 Å². The van der Waals surface area contributed by atoms with Crippen molar-refractivity contribution in [2.75, 3.05) is 31.2 Å². The van der Waals surface area contributed by atoms with E-state index in [1.165, 1.54) is 0 Å². The smallest absolute Gasteiger partial charge is 0.225 e. The molecular formula is C13H22N4O2. The Morgan fingerprint density at radius 1 is 1.47 bits per heavy atom. The van der Waals surface area contributed by atoms with E-state index in [1.807, 2.05) is 17.3 Å². The molecule has 2 rings (SSSR count). The van der Waals surface area contributed by atoms with E-state index < -0.39 is 0 Å². The van der Waals surface area contributed by atoms with Crippen molar-refractivity contribution in [1.29, 1.82) is 0 Å².